The molecule has 0 saturated heterocycles. The van der Waals surface area contributed by atoms with Gasteiger partial charge in [-0.05, 0) is 36.1 Å². The first-order valence-corrected chi connectivity index (χ1v) is 8.05. The third-order valence-corrected chi connectivity index (χ3v) is 5.71. The summed E-state index contributed by atoms with van der Waals surface area (Å²) in [5.41, 5.74) is 1.88. The van der Waals surface area contributed by atoms with Crippen LogP contribution in [0.4, 0.5) is 0 Å². The van der Waals surface area contributed by atoms with Crippen molar-refractivity contribution in [3.8, 4) is 0 Å². The van der Waals surface area contributed by atoms with Crippen LogP contribution in [0.1, 0.15) is 22.3 Å². The van der Waals surface area contributed by atoms with Gasteiger partial charge in [0.05, 0.1) is 23.0 Å². The van der Waals surface area contributed by atoms with Crippen LogP contribution in [-0.4, -0.2) is 18.6 Å². The van der Waals surface area contributed by atoms with E-state index >= 15 is 0 Å². The van der Waals surface area contributed by atoms with Crippen LogP contribution >= 0.6 is 0 Å². The number of aliphatic hydroxyl groups excluding tert-OH is 2. The van der Waals surface area contributed by atoms with Gasteiger partial charge in [-0.2, -0.15) is 0 Å². The van der Waals surface area contributed by atoms with Gasteiger partial charge < -0.3 is 10.2 Å². The summed E-state index contributed by atoms with van der Waals surface area (Å²) in [6.45, 7) is 2.69. The average molecular weight is 306 g/mol. The number of hydrogen-bond donors (Lipinski definition) is 2. The molecule has 4 nitrogen and oxygen atoms in total. The van der Waals surface area contributed by atoms with Crippen LogP contribution in [0.2, 0.25) is 0 Å². The number of rotatable bonds is 4. The molecule has 0 heterocycles. The summed E-state index contributed by atoms with van der Waals surface area (Å²) in [4.78, 5) is 0.244. The van der Waals surface area contributed by atoms with E-state index in [4.69, 9.17) is 0 Å². The Morgan fingerprint density at radius 3 is 1.52 bits per heavy atom. The predicted octanol–water partition coefficient (Wildman–Crippen LogP) is 2.12. The Balaban J connectivity index is 2.81. The Morgan fingerprint density at radius 2 is 1.19 bits per heavy atom. The first-order chi connectivity index (χ1) is 9.93. The minimum absolute atomic E-state index is 0.122. The van der Waals surface area contributed by atoms with Crippen molar-refractivity contribution in [2.45, 2.75) is 36.9 Å². The minimum Gasteiger partial charge on any atom is -0.392 e. The van der Waals surface area contributed by atoms with E-state index < -0.39 is 9.84 Å². The SMILES string of the molecule is Cc1cccc(CO)c1S(=O)(=O)c1c(C)cccc1CO. The summed E-state index contributed by atoms with van der Waals surface area (Å²) in [6, 6.07) is 10.0. The Bertz CT molecular complexity index is 704. The van der Waals surface area contributed by atoms with Crippen LogP contribution < -0.4 is 0 Å². The highest BCUT2D eigenvalue weighted by molar-refractivity contribution is 7.91. The quantitative estimate of drug-likeness (QED) is 0.907. The summed E-state index contributed by atoms with van der Waals surface area (Å²) < 4.78 is 26.0. The smallest absolute Gasteiger partial charge is 0.207 e. The van der Waals surface area contributed by atoms with Crippen LogP contribution in [0.3, 0.4) is 0 Å². The van der Waals surface area contributed by atoms with E-state index in [0.29, 0.717) is 22.3 Å². The third kappa shape index (κ3) is 2.72. The largest absolute Gasteiger partial charge is 0.392 e. The summed E-state index contributed by atoms with van der Waals surface area (Å²) in [5.74, 6) is 0. The van der Waals surface area contributed by atoms with Crippen molar-refractivity contribution in [1.29, 1.82) is 0 Å². The fourth-order valence-electron chi connectivity index (χ4n) is 2.55. The van der Waals surface area contributed by atoms with Crippen molar-refractivity contribution in [2.24, 2.45) is 0 Å². The normalized spacial score (nSPS) is 11.6. The highest BCUT2D eigenvalue weighted by Crippen LogP contribution is 2.31. The number of aliphatic hydroxyl groups is 2. The molecule has 0 radical (unpaired) electrons. The molecular formula is C16H18O4S. The Morgan fingerprint density at radius 1 is 0.810 bits per heavy atom. The Hall–Kier alpha value is -1.69. The van der Waals surface area contributed by atoms with Gasteiger partial charge in [0.15, 0.2) is 0 Å². The molecule has 2 rings (SSSR count). The van der Waals surface area contributed by atoms with Crippen LogP contribution in [0.15, 0.2) is 46.2 Å². The molecule has 0 aromatic heterocycles. The zero-order valence-corrected chi connectivity index (χ0v) is 12.8. The van der Waals surface area contributed by atoms with Gasteiger partial charge in [0, 0.05) is 0 Å². The zero-order valence-electron chi connectivity index (χ0n) is 12.0. The van der Waals surface area contributed by atoms with Crippen LogP contribution in [0.25, 0.3) is 0 Å². The van der Waals surface area contributed by atoms with E-state index in [0.717, 1.165) is 0 Å². The van der Waals surface area contributed by atoms with E-state index in [1.807, 2.05) is 0 Å². The molecule has 0 bridgehead atoms. The molecular weight excluding hydrogens is 288 g/mol. The molecule has 0 aliphatic heterocycles. The lowest BCUT2D eigenvalue weighted by atomic mass is 10.1. The second-order valence-electron chi connectivity index (χ2n) is 4.95. The number of hydrogen-bond acceptors (Lipinski definition) is 4. The molecule has 0 unspecified atom stereocenters. The summed E-state index contributed by atoms with van der Waals surface area (Å²) in [6.07, 6.45) is 0. The Kier molecular flexibility index (Phi) is 4.46. The van der Waals surface area contributed by atoms with Crippen LogP contribution in [-0.2, 0) is 23.1 Å². The van der Waals surface area contributed by atoms with Gasteiger partial charge in [-0.15, -0.1) is 0 Å². The Labute approximate surface area is 124 Å². The number of sulfone groups is 1. The second kappa shape index (κ2) is 5.97. The van der Waals surface area contributed by atoms with Gasteiger partial charge >= 0.3 is 0 Å². The van der Waals surface area contributed by atoms with Crippen LogP contribution in [0.5, 0.6) is 0 Å². The fraction of sp³-hybridized carbons (Fsp3) is 0.250. The lowest BCUT2D eigenvalue weighted by molar-refractivity contribution is 0.277. The molecule has 0 spiro atoms. The van der Waals surface area contributed by atoms with Gasteiger partial charge in [-0.3, -0.25) is 0 Å². The topological polar surface area (TPSA) is 74.6 Å². The van der Waals surface area contributed by atoms with Crippen molar-refractivity contribution in [1.82, 2.24) is 0 Å². The highest BCUT2D eigenvalue weighted by Gasteiger charge is 2.27. The van der Waals surface area contributed by atoms with Crippen molar-refractivity contribution in [3.63, 3.8) is 0 Å². The van der Waals surface area contributed by atoms with Gasteiger partial charge in [0.25, 0.3) is 0 Å². The third-order valence-electron chi connectivity index (χ3n) is 3.47. The monoisotopic (exact) mass is 306 g/mol. The zero-order chi connectivity index (χ0) is 15.6. The summed E-state index contributed by atoms with van der Waals surface area (Å²) in [5, 5.41) is 18.9. The molecule has 2 aromatic rings. The molecule has 0 amide bonds. The summed E-state index contributed by atoms with van der Waals surface area (Å²) >= 11 is 0. The highest BCUT2D eigenvalue weighted by atomic mass is 32.2. The first kappa shape index (κ1) is 15.7. The van der Waals surface area contributed by atoms with E-state index in [-0.39, 0.29) is 23.0 Å². The molecule has 21 heavy (non-hydrogen) atoms. The number of benzene rings is 2. The van der Waals surface area contributed by atoms with Gasteiger partial charge in [0.1, 0.15) is 0 Å². The van der Waals surface area contributed by atoms with E-state index in [9.17, 15) is 18.6 Å². The molecule has 0 aliphatic carbocycles. The fourth-order valence-corrected chi connectivity index (χ4v) is 4.69. The van der Waals surface area contributed by atoms with E-state index in [2.05, 4.69) is 0 Å². The lowest BCUT2D eigenvalue weighted by Gasteiger charge is -2.16. The molecule has 0 aliphatic rings. The van der Waals surface area contributed by atoms with Crippen LogP contribution in [0, 0.1) is 13.8 Å². The van der Waals surface area contributed by atoms with Crippen molar-refractivity contribution in [3.05, 3.63) is 58.7 Å². The first-order valence-electron chi connectivity index (χ1n) is 6.57. The maximum absolute atomic E-state index is 13.0. The predicted molar refractivity (Wildman–Crippen MR) is 79.7 cm³/mol. The van der Waals surface area contributed by atoms with Gasteiger partial charge in [-0.25, -0.2) is 8.42 Å². The molecule has 2 N–H and O–H groups in total. The van der Waals surface area contributed by atoms with Crippen molar-refractivity contribution >= 4 is 9.84 Å². The molecule has 2 aromatic carbocycles. The maximum Gasteiger partial charge on any atom is 0.207 e. The van der Waals surface area contributed by atoms with E-state index in [1.165, 1.54) is 0 Å². The maximum atomic E-state index is 13.0. The van der Waals surface area contributed by atoms with E-state index in [1.54, 1.807) is 50.2 Å². The molecule has 5 heteroatoms. The number of aryl methyl sites for hydroxylation is 2. The minimum atomic E-state index is -3.81. The standard InChI is InChI=1S/C16H18O4S/c1-11-5-3-7-13(9-17)15(11)21(19,20)16-12(2)6-4-8-14(16)10-18/h3-8,17-18H,9-10H2,1-2H3. The van der Waals surface area contributed by atoms with Gasteiger partial charge in [-0.1, -0.05) is 36.4 Å². The molecule has 0 saturated carbocycles. The van der Waals surface area contributed by atoms with Crippen molar-refractivity contribution in [2.75, 3.05) is 0 Å². The molecule has 112 valence electrons. The molecule has 0 fully saturated rings. The molecule has 0 atom stereocenters. The van der Waals surface area contributed by atoms with Crippen molar-refractivity contribution < 1.29 is 18.6 Å². The van der Waals surface area contributed by atoms with Gasteiger partial charge in [0.2, 0.25) is 9.84 Å². The lowest BCUT2D eigenvalue weighted by Crippen LogP contribution is -2.12. The average Bonchev–Trinajstić information content (AvgIpc) is 2.45. The summed E-state index contributed by atoms with van der Waals surface area (Å²) in [7, 11) is -3.81. The second-order valence-corrected chi connectivity index (χ2v) is 6.77.